The largest absolute Gasteiger partial charge is 0.507 e. The molecule has 0 aliphatic carbocycles. The lowest BCUT2D eigenvalue weighted by Gasteiger charge is -2.26. The van der Waals surface area contributed by atoms with Gasteiger partial charge in [-0.25, -0.2) is 0 Å². The molecule has 10 heteroatoms. The van der Waals surface area contributed by atoms with Gasteiger partial charge >= 0.3 is 0 Å². The Morgan fingerprint density at radius 2 is 1.56 bits per heavy atom. The number of benzene rings is 3. The first-order valence-electron chi connectivity index (χ1n) is 12.2. The number of halogens is 1. The summed E-state index contributed by atoms with van der Waals surface area (Å²) in [6.45, 7) is 4.35. The third kappa shape index (κ3) is 5.18. The number of anilines is 1. The van der Waals surface area contributed by atoms with Gasteiger partial charge in [0.2, 0.25) is 0 Å². The van der Waals surface area contributed by atoms with Crippen molar-refractivity contribution in [3.8, 4) is 28.7 Å². The molecular weight excluding hydrogens is 526 g/mol. The number of ether oxygens (including phenoxy) is 4. The molecule has 1 fully saturated rings. The van der Waals surface area contributed by atoms with Crippen LogP contribution < -0.4 is 23.8 Å². The van der Waals surface area contributed by atoms with Gasteiger partial charge in [-0.1, -0.05) is 17.7 Å². The second-order valence-corrected chi connectivity index (χ2v) is 8.85. The van der Waals surface area contributed by atoms with Gasteiger partial charge in [0.25, 0.3) is 11.7 Å². The van der Waals surface area contributed by atoms with Gasteiger partial charge in [-0.05, 0) is 61.9 Å². The van der Waals surface area contributed by atoms with Crippen LogP contribution in [0.5, 0.6) is 28.7 Å². The molecule has 4 rings (SSSR count). The van der Waals surface area contributed by atoms with E-state index in [1.807, 2.05) is 6.92 Å². The number of methoxy groups -OCH3 is 2. The number of aliphatic hydroxyl groups is 1. The van der Waals surface area contributed by atoms with E-state index in [0.717, 1.165) is 0 Å². The summed E-state index contributed by atoms with van der Waals surface area (Å²) in [6.07, 6.45) is 0. The van der Waals surface area contributed by atoms with Crippen LogP contribution in [0.25, 0.3) is 5.76 Å². The van der Waals surface area contributed by atoms with E-state index in [0.29, 0.717) is 29.4 Å². The van der Waals surface area contributed by atoms with Crippen molar-refractivity contribution < 1.29 is 38.7 Å². The van der Waals surface area contributed by atoms with E-state index >= 15 is 0 Å². The molecule has 1 atom stereocenters. The predicted molar refractivity (Wildman–Crippen MR) is 146 cm³/mol. The fraction of sp³-hybridized carbons (Fsp3) is 0.241. The summed E-state index contributed by atoms with van der Waals surface area (Å²) >= 11 is 6.33. The van der Waals surface area contributed by atoms with Gasteiger partial charge in [0.1, 0.15) is 23.0 Å². The maximum atomic E-state index is 13.5. The molecular formula is C29H28ClNO8. The van der Waals surface area contributed by atoms with E-state index < -0.39 is 23.5 Å². The molecule has 3 aromatic carbocycles. The molecule has 0 aromatic heterocycles. The summed E-state index contributed by atoms with van der Waals surface area (Å²) in [5.41, 5.74) is 0.725. The average Bonchev–Trinajstić information content (AvgIpc) is 3.20. The van der Waals surface area contributed by atoms with E-state index in [1.54, 1.807) is 37.3 Å². The molecule has 1 amide bonds. The fourth-order valence-electron chi connectivity index (χ4n) is 4.45. The predicted octanol–water partition coefficient (Wildman–Crippen LogP) is 5.49. The first-order chi connectivity index (χ1) is 18.7. The highest BCUT2D eigenvalue weighted by Crippen LogP contribution is 2.46. The zero-order chi connectivity index (χ0) is 28.3. The van der Waals surface area contributed by atoms with Crippen LogP contribution >= 0.6 is 11.6 Å². The van der Waals surface area contributed by atoms with Crippen LogP contribution in [0, 0.1) is 0 Å². The minimum Gasteiger partial charge on any atom is -0.507 e. The number of hydrogen-bond acceptors (Lipinski definition) is 8. The number of carbonyl (C=O) groups excluding carboxylic acids is 2. The Kier molecular flexibility index (Phi) is 8.21. The number of Topliss-reactive ketones (excluding diaryl/α,β-unsaturated/α-hetero) is 1. The highest BCUT2D eigenvalue weighted by Gasteiger charge is 2.47. The van der Waals surface area contributed by atoms with Gasteiger partial charge in [0.15, 0.2) is 11.5 Å². The average molecular weight is 554 g/mol. The highest BCUT2D eigenvalue weighted by molar-refractivity contribution is 6.51. The normalized spacial score (nSPS) is 16.3. The van der Waals surface area contributed by atoms with Crippen LogP contribution in [0.1, 0.15) is 31.0 Å². The maximum Gasteiger partial charge on any atom is 0.300 e. The van der Waals surface area contributed by atoms with E-state index in [-0.39, 0.29) is 40.0 Å². The third-order valence-electron chi connectivity index (χ3n) is 6.20. The van der Waals surface area contributed by atoms with Crippen LogP contribution in [0.4, 0.5) is 5.69 Å². The Bertz CT molecular complexity index is 1430. The van der Waals surface area contributed by atoms with E-state index in [2.05, 4.69) is 0 Å². The number of phenolic OH excluding ortho intramolecular Hbond substituents is 1. The van der Waals surface area contributed by atoms with Gasteiger partial charge in [-0.15, -0.1) is 0 Å². The minimum atomic E-state index is -1.08. The summed E-state index contributed by atoms with van der Waals surface area (Å²) in [6, 6.07) is 13.0. The second-order valence-electron chi connectivity index (χ2n) is 8.44. The lowest BCUT2D eigenvalue weighted by molar-refractivity contribution is -0.132. The molecule has 1 saturated heterocycles. The van der Waals surface area contributed by atoms with Gasteiger partial charge in [-0.3, -0.25) is 14.5 Å². The van der Waals surface area contributed by atoms with Gasteiger partial charge in [-0.2, -0.15) is 0 Å². The first kappa shape index (κ1) is 27.7. The van der Waals surface area contributed by atoms with Crippen molar-refractivity contribution in [2.45, 2.75) is 19.9 Å². The van der Waals surface area contributed by atoms with E-state index in [9.17, 15) is 19.8 Å². The molecule has 0 radical (unpaired) electrons. The zero-order valence-electron chi connectivity index (χ0n) is 21.9. The Morgan fingerprint density at radius 3 is 2.18 bits per heavy atom. The topological polar surface area (TPSA) is 115 Å². The Labute approximate surface area is 230 Å². The first-order valence-corrected chi connectivity index (χ1v) is 12.5. The molecule has 3 aromatic rings. The van der Waals surface area contributed by atoms with E-state index in [4.69, 9.17) is 30.5 Å². The van der Waals surface area contributed by atoms with Crippen molar-refractivity contribution in [1.29, 1.82) is 0 Å². The number of carbonyl (C=O) groups is 2. The van der Waals surface area contributed by atoms with Crippen molar-refractivity contribution in [1.82, 2.24) is 0 Å². The lowest BCUT2D eigenvalue weighted by Crippen LogP contribution is -2.29. The minimum absolute atomic E-state index is 0.0989. The number of aliphatic hydroxyl groups excluding tert-OH is 1. The second kappa shape index (κ2) is 11.6. The molecule has 204 valence electrons. The van der Waals surface area contributed by atoms with Crippen LogP contribution in [-0.2, 0) is 9.59 Å². The highest BCUT2D eigenvalue weighted by atomic mass is 35.5. The molecule has 0 spiro atoms. The summed E-state index contributed by atoms with van der Waals surface area (Å²) < 4.78 is 21.7. The Morgan fingerprint density at radius 1 is 0.897 bits per heavy atom. The molecule has 1 heterocycles. The molecule has 2 N–H and O–H groups in total. The molecule has 0 saturated carbocycles. The SMILES string of the molecule is CCOc1ccc(N2C(=O)C(=O)/C(=C(/O)c3cc(Cl)c(OC)cc3OC)C2c2ccc(O)c(OCC)c2)cc1. The van der Waals surface area contributed by atoms with Crippen molar-refractivity contribution in [3.05, 3.63) is 76.3 Å². The van der Waals surface area contributed by atoms with Gasteiger partial charge < -0.3 is 29.2 Å². The molecule has 1 aliphatic rings. The number of rotatable bonds is 9. The fourth-order valence-corrected chi connectivity index (χ4v) is 4.69. The maximum absolute atomic E-state index is 13.5. The zero-order valence-corrected chi connectivity index (χ0v) is 22.6. The molecule has 39 heavy (non-hydrogen) atoms. The molecule has 9 nitrogen and oxygen atoms in total. The van der Waals surface area contributed by atoms with E-state index in [1.165, 1.54) is 43.4 Å². The van der Waals surface area contributed by atoms with Gasteiger partial charge in [0.05, 0.1) is 49.6 Å². The lowest BCUT2D eigenvalue weighted by atomic mass is 9.94. The number of amides is 1. The Hall–Kier alpha value is -4.37. The number of phenols is 1. The summed E-state index contributed by atoms with van der Waals surface area (Å²) in [7, 11) is 2.83. The number of ketones is 1. The summed E-state index contributed by atoms with van der Waals surface area (Å²) in [5.74, 6) is -1.12. The van der Waals surface area contributed by atoms with Crippen LogP contribution in [-0.4, -0.2) is 49.3 Å². The number of nitrogens with zero attached hydrogens (tertiary/aromatic N) is 1. The number of aromatic hydroxyl groups is 1. The van der Waals surface area contributed by atoms with Crippen molar-refractivity contribution in [3.63, 3.8) is 0 Å². The monoisotopic (exact) mass is 553 g/mol. The summed E-state index contributed by atoms with van der Waals surface area (Å²) in [5, 5.41) is 22.0. The van der Waals surface area contributed by atoms with Crippen molar-refractivity contribution in [2.24, 2.45) is 0 Å². The number of hydrogen-bond donors (Lipinski definition) is 2. The molecule has 1 unspecified atom stereocenters. The van der Waals surface area contributed by atoms with Crippen LogP contribution in [0.3, 0.4) is 0 Å². The Balaban J connectivity index is 1.97. The van der Waals surface area contributed by atoms with Gasteiger partial charge in [0, 0.05) is 11.8 Å². The third-order valence-corrected chi connectivity index (χ3v) is 6.49. The standard InChI is InChI=1S/C29H28ClNO8/c1-5-38-18-10-8-17(9-11-18)31-26(16-7-12-21(32)24(13-16)39-6-2)25(28(34)29(31)35)27(33)19-14-20(30)23(37-4)15-22(19)36-3/h7-15,26,32-33H,5-6H2,1-4H3/b27-25+. The summed E-state index contributed by atoms with van der Waals surface area (Å²) in [4.78, 5) is 28.3. The molecule has 0 bridgehead atoms. The van der Waals surface area contributed by atoms with Crippen LogP contribution in [0.2, 0.25) is 5.02 Å². The van der Waals surface area contributed by atoms with Crippen molar-refractivity contribution >= 4 is 34.7 Å². The smallest absolute Gasteiger partial charge is 0.300 e. The quantitative estimate of drug-likeness (QED) is 0.203. The molecule has 1 aliphatic heterocycles. The van der Waals surface area contributed by atoms with Crippen molar-refractivity contribution in [2.75, 3.05) is 32.3 Å². The van der Waals surface area contributed by atoms with Crippen LogP contribution in [0.15, 0.2) is 60.2 Å².